The zero-order chi connectivity index (χ0) is 15.2. The van der Waals surface area contributed by atoms with Gasteiger partial charge in [0.2, 0.25) is 5.91 Å². The summed E-state index contributed by atoms with van der Waals surface area (Å²) < 4.78 is 0. The summed E-state index contributed by atoms with van der Waals surface area (Å²) in [4.78, 5) is 15.9. The second-order valence-corrected chi connectivity index (χ2v) is 7.86. The molecule has 5 heteroatoms. The van der Waals surface area contributed by atoms with Gasteiger partial charge in [-0.1, -0.05) is 26.3 Å². The maximum atomic E-state index is 12.6. The number of carbonyl (C=O) groups is 1. The van der Waals surface area contributed by atoms with E-state index in [1.807, 2.05) is 11.8 Å². The number of thiophene rings is 1. The minimum atomic E-state index is -0.0386. The van der Waals surface area contributed by atoms with Gasteiger partial charge in [0.05, 0.1) is 6.04 Å². The van der Waals surface area contributed by atoms with E-state index in [0.29, 0.717) is 5.92 Å². The molecule has 0 aromatic carbocycles. The van der Waals surface area contributed by atoms with Gasteiger partial charge in [-0.15, -0.1) is 11.3 Å². The predicted molar refractivity (Wildman–Crippen MR) is 92.8 cm³/mol. The monoisotopic (exact) mass is 326 g/mol. The Balaban J connectivity index is 1.98. The summed E-state index contributed by atoms with van der Waals surface area (Å²) >= 11 is 3.62. The number of nitrogens with one attached hydrogen (secondary N) is 1. The normalized spacial score (nSPS) is 22.5. The standard InChI is InChI=1S/C16H26N2OS2/c1-12(2)14-16(19)18(9-5-4-6-10-20-3)15(17-14)13-8-7-11-21-13/h7-8,11-12,14-15,17H,4-6,9-10H2,1-3H3. The van der Waals surface area contributed by atoms with Crippen molar-refractivity contribution in [2.75, 3.05) is 18.6 Å². The minimum absolute atomic E-state index is 0.0386. The van der Waals surface area contributed by atoms with Crippen LogP contribution in [-0.2, 0) is 4.79 Å². The van der Waals surface area contributed by atoms with Crippen LogP contribution in [0.25, 0.3) is 0 Å². The molecule has 0 radical (unpaired) electrons. The predicted octanol–water partition coefficient (Wildman–Crippen LogP) is 3.74. The Kier molecular flexibility index (Phi) is 6.58. The van der Waals surface area contributed by atoms with Crippen LogP contribution in [0.1, 0.15) is 44.2 Å². The van der Waals surface area contributed by atoms with Crippen molar-refractivity contribution in [3.05, 3.63) is 22.4 Å². The van der Waals surface area contributed by atoms with Crippen LogP contribution >= 0.6 is 23.1 Å². The molecule has 3 nitrogen and oxygen atoms in total. The lowest BCUT2D eigenvalue weighted by Gasteiger charge is -2.23. The Morgan fingerprint density at radius 2 is 2.19 bits per heavy atom. The van der Waals surface area contributed by atoms with Crippen molar-refractivity contribution < 1.29 is 4.79 Å². The van der Waals surface area contributed by atoms with Crippen molar-refractivity contribution in [3.63, 3.8) is 0 Å². The van der Waals surface area contributed by atoms with Crippen molar-refractivity contribution in [1.82, 2.24) is 10.2 Å². The third-order valence-electron chi connectivity index (χ3n) is 3.93. The molecule has 0 bridgehead atoms. The summed E-state index contributed by atoms with van der Waals surface area (Å²) in [5.41, 5.74) is 0. The molecule has 2 unspecified atom stereocenters. The first-order valence-corrected chi connectivity index (χ1v) is 10.0. The number of thioether (sulfide) groups is 1. The second kappa shape index (κ2) is 8.20. The number of carbonyl (C=O) groups excluding carboxylic acids is 1. The molecule has 1 saturated heterocycles. The van der Waals surface area contributed by atoms with Gasteiger partial charge in [-0.2, -0.15) is 11.8 Å². The van der Waals surface area contributed by atoms with E-state index in [1.54, 1.807) is 11.3 Å². The molecule has 2 rings (SSSR count). The minimum Gasteiger partial charge on any atom is -0.321 e. The molecule has 1 aliphatic rings. The molecule has 0 spiro atoms. The van der Waals surface area contributed by atoms with Crippen molar-refractivity contribution >= 4 is 29.0 Å². The van der Waals surface area contributed by atoms with Gasteiger partial charge in [-0.25, -0.2) is 0 Å². The molecule has 2 heterocycles. The summed E-state index contributed by atoms with van der Waals surface area (Å²) in [6, 6.07) is 4.15. The number of nitrogens with zero attached hydrogens (tertiary/aromatic N) is 1. The first-order chi connectivity index (χ1) is 10.1. The van der Waals surface area contributed by atoms with Crippen molar-refractivity contribution in [2.45, 2.75) is 45.3 Å². The van der Waals surface area contributed by atoms with E-state index in [1.165, 1.54) is 23.5 Å². The smallest absolute Gasteiger partial charge is 0.241 e. The van der Waals surface area contributed by atoms with Crippen LogP contribution in [0, 0.1) is 5.92 Å². The first kappa shape index (κ1) is 16.8. The van der Waals surface area contributed by atoms with Gasteiger partial charge in [-0.05, 0) is 42.2 Å². The number of unbranched alkanes of at least 4 members (excludes halogenated alkanes) is 2. The molecular formula is C16H26N2OS2. The number of hydrogen-bond acceptors (Lipinski definition) is 4. The summed E-state index contributed by atoms with van der Waals surface area (Å²) in [6.45, 7) is 5.10. The van der Waals surface area contributed by atoms with E-state index in [2.05, 4.69) is 47.8 Å². The molecule has 1 amide bonds. The summed E-state index contributed by atoms with van der Waals surface area (Å²) in [7, 11) is 0. The molecular weight excluding hydrogens is 300 g/mol. The Labute approximate surface area is 136 Å². The Hall–Kier alpha value is -0.520. The van der Waals surface area contributed by atoms with Gasteiger partial charge in [0, 0.05) is 11.4 Å². The van der Waals surface area contributed by atoms with Gasteiger partial charge in [0.1, 0.15) is 6.17 Å². The van der Waals surface area contributed by atoms with Crippen LogP contribution in [0.15, 0.2) is 17.5 Å². The number of rotatable bonds is 8. The average Bonchev–Trinajstić information content (AvgIpc) is 3.07. The Bertz CT molecular complexity index is 433. The lowest BCUT2D eigenvalue weighted by Crippen LogP contribution is -2.35. The van der Waals surface area contributed by atoms with E-state index in [-0.39, 0.29) is 18.1 Å². The average molecular weight is 327 g/mol. The highest BCUT2D eigenvalue weighted by Crippen LogP contribution is 2.31. The van der Waals surface area contributed by atoms with E-state index >= 15 is 0 Å². The first-order valence-electron chi connectivity index (χ1n) is 7.74. The number of hydrogen-bond donors (Lipinski definition) is 1. The van der Waals surface area contributed by atoms with E-state index in [4.69, 9.17) is 0 Å². The molecule has 118 valence electrons. The van der Waals surface area contributed by atoms with E-state index in [0.717, 1.165) is 13.0 Å². The SMILES string of the molecule is CSCCCCCN1C(=O)C(C(C)C)NC1c1cccs1. The largest absolute Gasteiger partial charge is 0.321 e. The Morgan fingerprint density at radius 3 is 2.81 bits per heavy atom. The van der Waals surface area contributed by atoms with Gasteiger partial charge in [0.25, 0.3) is 0 Å². The van der Waals surface area contributed by atoms with Gasteiger partial charge < -0.3 is 4.90 Å². The zero-order valence-corrected chi connectivity index (χ0v) is 14.8. The topological polar surface area (TPSA) is 32.3 Å². The lowest BCUT2D eigenvalue weighted by molar-refractivity contribution is -0.130. The van der Waals surface area contributed by atoms with Crippen molar-refractivity contribution in [2.24, 2.45) is 5.92 Å². The third kappa shape index (κ3) is 4.24. The fourth-order valence-electron chi connectivity index (χ4n) is 2.74. The quantitative estimate of drug-likeness (QED) is 0.739. The van der Waals surface area contributed by atoms with Gasteiger partial charge in [0.15, 0.2) is 0 Å². The molecule has 1 aliphatic heterocycles. The van der Waals surface area contributed by atoms with Crippen molar-refractivity contribution in [1.29, 1.82) is 0 Å². The molecule has 1 aromatic rings. The highest BCUT2D eigenvalue weighted by Gasteiger charge is 2.40. The van der Waals surface area contributed by atoms with E-state index < -0.39 is 0 Å². The molecule has 2 atom stereocenters. The van der Waals surface area contributed by atoms with Crippen LogP contribution in [0.3, 0.4) is 0 Å². The second-order valence-electron chi connectivity index (χ2n) is 5.89. The molecule has 0 aliphatic carbocycles. The molecule has 0 saturated carbocycles. The summed E-state index contributed by atoms with van der Waals surface area (Å²) in [5, 5.41) is 5.61. The fourth-order valence-corrected chi connectivity index (χ4v) is 4.03. The van der Waals surface area contributed by atoms with Crippen LogP contribution in [0.5, 0.6) is 0 Å². The maximum Gasteiger partial charge on any atom is 0.241 e. The van der Waals surface area contributed by atoms with Crippen molar-refractivity contribution in [3.8, 4) is 0 Å². The van der Waals surface area contributed by atoms with Crippen LogP contribution < -0.4 is 5.32 Å². The van der Waals surface area contributed by atoms with E-state index in [9.17, 15) is 4.79 Å². The number of amides is 1. The lowest BCUT2D eigenvalue weighted by atomic mass is 10.1. The summed E-state index contributed by atoms with van der Waals surface area (Å²) in [5.74, 6) is 1.82. The fraction of sp³-hybridized carbons (Fsp3) is 0.688. The van der Waals surface area contributed by atoms with Crippen LogP contribution in [-0.4, -0.2) is 35.4 Å². The third-order valence-corrected chi connectivity index (χ3v) is 5.55. The van der Waals surface area contributed by atoms with Crippen LogP contribution in [0.4, 0.5) is 0 Å². The highest BCUT2D eigenvalue weighted by atomic mass is 32.2. The highest BCUT2D eigenvalue weighted by molar-refractivity contribution is 7.98. The van der Waals surface area contributed by atoms with Crippen LogP contribution in [0.2, 0.25) is 0 Å². The Morgan fingerprint density at radius 1 is 1.38 bits per heavy atom. The van der Waals surface area contributed by atoms with Gasteiger partial charge in [-0.3, -0.25) is 10.1 Å². The summed E-state index contributed by atoms with van der Waals surface area (Å²) in [6.07, 6.45) is 5.77. The molecule has 1 aromatic heterocycles. The zero-order valence-electron chi connectivity index (χ0n) is 13.2. The molecule has 1 fully saturated rings. The molecule has 1 N–H and O–H groups in total. The maximum absolute atomic E-state index is 12.6. The molecule has 21 heavy (non-hydrogen) atoms. The van der Waals surface area contributed by atoms with Gasteiger partial charge >= 0.3 is 0 Å².